The van der Waals surface area contributed by atoms with Crippen molar-refractivity contribution in [3.8, 4) is 5.75 Å². The van der Waals surface area contributed by atoms with E-state index >= 15 is 0 Å². The van der Waals surface area contributed by atoms with Gasteiger partial charge in [-0.05, 0) is 36.4 Å². The molecular formula is C19H18F4N2O2. The van der Waals surface area contributed by atoms with Gasteiger partial charge in [0.2, 0.25) is 0 Å². The molecule has 27 heavy (non-hydrogen) atoms. The zero-order chi connectivity index (χ0) is 19.6. The Morgan fingerprint density at radius 1 is 1.04 bits per heavy atom. The third-order valence-electron chi connectivity index (χ3n) is 4.50. The number of benzene rings is 2. The van der Waals surface area contributed by atoms with E-state index in [1.165, 1.54) is 25.3 Å². The molecule has 0 aliphatic carbocycles. The number of carbonyl (C=O) groups is 1. The van der Waals surface area contributed by atoms with Crippen LogP contribution in [0.2, 0.25) is 0 Å². The van der Waals surface area contributed by atoms with Gasteiger partial charge in [0, 0.05) is 31.9 Å². The SMILES string of the molecule is COc1ccc(F)cc1C(=O)N1CCN(c2cccc(C(F)(F)F)c2)CC1. The number of ether oxygens (including phenoxy) is 1. The number of halogens is 4. The standard InChI is InChI=1S/C19H18F4N2O2/c1-27-17-6-5-14(20)12-16(17)18(26)25-9-7-24(8-10-25)15-4-2-3-13(11-15)19(21,22)23/h2-6,11-12H,7-10H2,1H3. The van der Waals surface area contributed by atoms with E-state index in [-0.39, 0.29) is 17.2 Å². The molecule has 0 atom stereocenters. The lowest BCUT2D eigenvalue weighted by atomic mass is 10.1. The molecule has 1 aliphatic rings. The molecule has 3 rings (SSSR count). The molecule has 0 unspecified atom stereocenters. The van der Waals surface area contributed by atoms with E-state index < -0.39 is 17.6 Å². The largest absolute Gasteiger partial charge is 0.496 e. The Balaban J connectivity index is 1.71. The van der Waals surface area contributed by atoms with Crippen LogP contribution in [0, 0.1) is 5.82 Å². The molecule has 0 saturated carbocycles. The number of anilines is 1. The highest BCUT2D eigenvalue weighted by molar-refractivity contribution is 5.97. The Bertz CT molecular complexity index is 831. The van der Waals surface area contributed by atoms with Crippen LogP contribution in [0.1, 0.15) is 15.9 Å². The van der Waals surface area contributed by atoms with Crippen molar-refractivity contribution in [2.75, 3.05) is 38.2 Å². The van der Waals surface area contributed by atoms with Crippen molar-refractivity contribution in [2.45, 2.75) is 6.18 Å². The molecule has 1 saturated heterocycles. The maximum atomic E-state index is 13.5. The zero-order valence-electron chi connectivity index (χ0n) is 14.6. The van der Waals surface area contributed by atoms with Gasteiger partial charge in [-0.15, -0.1) is 0 Å². The van der Waals surface area contributed by atoms with Crippen LogP contribution in [-0.2, 0) is 6.18 Å². The van der Waals surface area contributed by atoms with E-state index in [0.29, 0.717) is 31.9 Å². The van der Waals surface area contributed by atoms with Gasteiger partial charge < -0.3 is 14.5 Å². The summed E-state index contributed by atoms with van der Waals surface area (Å²) in [6, 6.07) is 8.84. The predicted molar refractivity (Wildman–Crippen MR) is 92.5 cm³/mol. The Morgan fingerprint density at radius 3 is 2.37 bits per heavy atom. The van der Waals surface area contributed by atoms with Crippen LogP contribution in [0.5, 0.6) is 5.75 Å². The third-order valence-corrected chi connectivity index (χ3v) is 4.50. The van der Waals surface area contributed by atoms with Crippen molar-refractivity contribution in [1.82, 2.24) is 4.90 Å². The Kier molecular flexibility index (Phi) is 5.25. The monoisotopic (exact) mass is 382 g/mol. The molecule has 8 heteroatoms. The van der Waals surface area contributed by atoms with E-state index in [1.54, 1.807) is 15.9 Å². The molecule has 2 aromatic rings. The molecule has 1 amide bonds. The number of hydrogen-bond acceptors (Lipinski definition) is 3. The van der Waals surface area contributed by atoms with Crippen molar-refractivity contribution in [3.05, 3.63) is 59.4 Å². The van der Waals surface area contributed by atoms with E-state index in [0.717, 1.165) is 18.2 Å². The van der Waals surface area contributed by atoms with E-state index in [4.69, 9.17) is 4.74 Å². The number of hydrogen-bond donors (Lipinski definition) is 0. The first-order valence-corrected chi connectivity index (χ1v) is 8.34. The van der Waals surface area contributed by atoms with Crippen molar-refractivity contribution in [3.63, 3.8) is 0 Å². The maximum Gasteiger partial charge on any atom is 0.416 e. The number of rotatable bonds is 3. The summed E-state index contributed by atoms with van der Waals surface area (Å²) >= 11 is 0. The average molecular weight is 382 g/mol. The number of methoxy groups -OCH3 is 1. The summed E-state index contributed by atoms with van der Waals surface area (Å²) < 4.78 is 57.3. The lowest BCUT2D eigenvalue weighted by molar-refractivity contribution is -0.137. The lowest BCUT2D eigenvalue weighted by Gasteiger charge is -2.36. The average Bonchev–Trinajstić information content (AvgIpc) is 2.67. The van der Waals surface area contributed by atoms with Crippen molar-refractivity contribution in [1.29, 1.82) is 0 Å². The number of carbonyl (C=O) groups excluding carboxylic acids is 1. The van der Waals surface area contributed by atoms with Crippen LogP contribution in [-0.4, -0.2) is 44.1 Å². The zero-order valence-corrected chi connectivity index (χ0v) is 14.6. The molecule has 0 aromatic heterocycles. The van der Waals surface area contributed by atoms with Gasteiger partial charge in [0.05, 0.1) is 18.2 Å². The van der Waals surface area contributed by atoms with Gasteiger partial charge in [0.25, 0.3) is 5.91 Å². The van der Waals surface area contributed by atoms with Gasteiger partial charge in [-0.3, -0.25) is 4.79 Å². The minimum Gasteiger partial charge on any atom is -0.496 e. The third kappa shape index (κ3) is 4.15. The first kappa shape index (κ1) is 19.0. The molecule has 0 radical (unpaired) electrons. The minimum absolute atomic E-state index is 0.130. The summed E-state index contributed by atoms with van der Waals surface area (Å²) in [6.45, 7) is 1.39. The second-order valence-electron chi connectivity index (χ2n) is 6.17. The topological polar surface area (TPSA) is 32.8 Å². The predicted octanol–water partition coefficient (Wildman–Crippen LogP) is 3.82. The highest BCUT2D eigenvalue weighted by atomic mass is 19.4. The Morgan fingerprint density at radius 2 is 1.74 bits per heavy atom. The summed E-state index contributed by atoms with van der Waals surface area (Å²) in [6.07, 6.45) is -4.40. The Hall–Kier alpha value is -2.77. The van der Waals surface area contributed by atoms with Crippen LogP contribution in [0.15, 0.2) is 42.5 Å². The molecular weight excluding hydrogens is 364 g/mol. The van der Waals surface area contributed by atoms with Gasteiger partial charge in [0.15, 0.2) is 0 Å². The fourth-order valence-corrected chi connectivity index (χ4v) is 3.06. The normalized spacial score (nSPS) is 15.0. The van der Waals surface area contributed by atoms with Crippen molar-refractivity contribution >= 4 is 11.6 Å². The second kappa shape index (κ2) is 7.46. The number of piperazine rings is 1. The Labute approximate surface area is 153 Å². The first-order valence-electron chi connectivity index (χ1n) is 8.34. The molecule has 0 bridgehead atoms. The summed E-state index contributed by atoms with van der Waals surface area (Å²) in [5.41, 5.74) is -0.117. The number of alkyl halides is 3. The van der Waals surface area contributed by atoms with Crippen molar-refractivity contribution in [2.24, 2.45) is 0 Å². The van der Waals surface area contributed by atoms with E-state index in [1.807, 2.05) is 0 Å². The number of amides is 1. The molecule has 2 aromatic carbocycles. The van der Waals surface area contributed by atoms with Crippen LogP contribution < -0.4 is 9.64 Å². The molecule has 1 heterocycles. The first-order chi connectivity index (χ1) is 12.8. The summed E-state index contributed by atoms with van der Waals surface area (Å²) in [5, 5.41) is 0. The lowest BCUT2D eigenvalue weighted by Crippen LogP contribution is -2.48. The van der Waals surface area contributed by atoms with E-state index in [9.17, 15) is 22.4 Å². The van der Waals surface area contributed by atoms with Gasteiger partial charge in [-0.25, -0.2) is 4.39 Å². The van der Waals surface area contributed by atoms with Gasteiger partial charge in [0.1, 0.15) is 11.6 Å². The van der Waals surface area contributed by atoms with Crippen LogP contribution in [0.25, 0.3) is 0 Å². The number of nitrogens with zero attached hydrogens (tertiary/aromatic N) is 2. The molecule has 4 nitrogen and oxygen atoms in total. The molecule has 0 N–H and O–H groups in total. The maximum absolute atomic E-state index is 13.5. The highest BCUT2D eigenvalue weighted by Gasteiger charge is 2.31. The quantitative estimate of drug-likeness (QED) is 0.757. The molecule has 1 fully saturated rings. The fourth-order valence-electron chi connectivity index (χ4n) is 3.06. The van der Waals surface area contributed by atoms with Gasteiger partial charge in [-0.2, -0.15) is 13.2 Å². The smallest absolute Gasteiger partial charge is 0.416 e. The van der Waals surface area contributed by atoms with Gasteiger partial charge >= 0.3 is 6.18 Å². The van der Waals surface area contributed by atoms with Gasteiger partial charge in [-0.1, -0.05) is 6.07 Å². The van der Waals surface area contributed by atoms with E-state index in [2.05, 4.69) is 0 Å². The second-order valence-corrected chi connectivity index (χ2v) is 6.17. The fraction of sp³-hybridized carbons (Fsp3) is 0.316. The molecule has 1 aliphatic heterocycles. The summed E-state index contributed by atoms with van der Waals surface area (Å²) in [5.74, 6) is -0.626. The highest BCUT2D eigenvalue weighted by Crippen LogP contribution is 2.32. The summed E-state index contributed by atoms with van der Waals surface area (Å²) in [7, 11) is 1.40. The minimum atomic E-state index is -4.40. The van der Waals surface area contributed by atoms with Crippen LogP contribution in [0.4, 0.5) is 23.2 Å². The van der Waals surface area contributed by atoms with Crippen molar-refractivity contribution < 1.29 is 27.1 Å². The molecule has 144 valence electrons. The molecule has 0 spiro atoms. The van der Waals surface area contributed by atoms with Crippen LogP contribution >= 0.6 is 0 Å². The summed E-state index contributed by atoms with van der Waals surface area (Å²) in [4.78, 5) is 16.0. The van der Waals surface area contributed by atoms with Crippen LogP contribution in [0.3, 0.4) is 0 Å².